The van der Waals surface area contributed by atoms with Crippen LogP contribution in [0.5, 0.6) is 0 Å². The molecule has 1 aromatic heterocycles. The Labute approximate surface area is 463 Å². The summed E-state index contributed by atoms with van der Waals surface area (Å²) in [6, 6.07) is 5.72. The first-order chi connectivity index (χ1) is 37.2. The lowest BCUT2D eigenvalue weighted by atomic mass is 10.0. The number of aliphatic hydroxyl groups excluding tert-OH is 1. The number of H-pyrrole nitrogens is 1. The lowest BCUT2D eigenvalue weighted by molar-refractivity contribution is -0.142. The number of nitrogens with two attached hydrogens (primary N) is 4. The van der Waals surface area contributed by atoms with E-state index in [1.807, 2.05) is 24.3 Å². The van der Waals surface area contributed by atoms with Gasteiger partial charge in [-0.3, -0.25) is 43.3 Å². The van der Waals surface area contributed by atoms with Crippen LogP contribution in [-0.4, -0.2) is 167 Å². The predicted molar refractivity (Wildman–Crippen MR) is 300 cm³/mol. The Bertz CT molecular complexity index is 2480. The van der Waals surface area contributed by atoms with E-state index in [1.165, 1.54) is 11.8 Å². The van der Waals surface area contributed by atoms with Gasteiger partial charge in [0.1, 0.15) is 42.3 Å². The molecule has 78 heavy (non-hydrogen) atoms. The van der Waals surface area contributed by atoms with Gasteiger partial charge in [0, 0.05) is 42.2 Å². The second kappa shape index (κ2) is 34.7. The zero-order valence-electron chi connectivity index (χ0n) is 44.3. The van der Waals surface area contributed by atoms with Gasteiger partial charge >= 0.3 is 5.97 Å². The number of carboxylic acids is 1. The molecule has 27 heteroatoms. The monoisotopic (exact) mass is 1130 g/mol. The van der Waals surface area contributed by atoms with Crippen molar-refractivity contribution >= 4 is 94.5 Å². The number of aliphatic hydroxyl groups is 1. The van der Waals surface area contributed by atoms with Gasteiger partial charge in [0.2, 0.25) is 47.3 Å². The number of nitrogens with zero attached hydrogens (tertiary/aromatic N) is 1. The normalized spacial score (nSPS) is 14.2. The maximum atomic E-state index is 14.1. The molecule has 0 spiro atoms. The topological polar surface area (TPSA) is 423 Å². The van der Waals surface area contributed by atoms with Crippen molar-refractivity contribution in [3.8, 4) is 0 Å². The second-order valence-corrected chi connectivity index (χ2v) is 20.3. The molecule has 0 fully saturated rings. The zero-order valence-corrected chi connectivity index (χ0v) is 46.0. The van der Waals surface area contributed by atoms with Crippen LogP contribution in [0, 0.1) is 5.92 Å². The van der Waals surface area contributed by atoms with E-state index in [9.17, 15) is 53.4 Å². The number of carbonyl (C=O) groups is 9. The zero-order chi connectivity index (χ0) is 57.7. The summed E-state index contributed by atoms with van der Waals surface area (Å²) in [6.45, 7) is 2.51. The second-order valence-electron chi connectivity index (χ2n) is 18.9. The molecule has 0 aliphatic carbocycles. The summed E-state index contributed by atoms with van der Waals surface area (Å²) in [4.78, 5) is 128. The summed E-state index contributed by atoms with van der Waals surface area (Å²) in [5, 5.41) is 41.4. The number of aliphatic imine (C=N–C) groups is 1. The molecular weight excluding hydrogens is 1050 g/mol. The fourth-order valence-electron chi connectivity index (χ4n) is 7.96. The predicted octanol–water partition coefficient (Wildman–Crippen LogP) is -2.22. The standard InChI is InChI=1S/C51H78N14O11S2/c1-29(2)22-37(47(72)60-35(17-9-10-19-52)45(70)65-41(28-77)49(74)64-39(50(75)76)23-30-12-5-4-6-13-30)63-46(71)36(18-21-78-3)61-48(73)40(27-66)59-42(67)26-58-44(69)38(24-31-25-57-34-16-8-7-14-32(31)34)62-43(68)33(53)15-11-20-56-51(54)55/h4-8,12-14,16,25,29,33,35-41,57,66,77H,9-11,15,17-24,26-28,52-53H2,1-3H3,(H,58,69)(H,59,67)(H,60,72)(H,61,73)(H,62,68)(H,63,71)(H,64,74)(H,65,70)(H,75,76)(H4,54,55,56)/t33-,35-,36-,37-,38-,39-,40-,41-/m0/s1. The first-order valence-corrected chi connectivity index (χ1v) is 27.7. The van der Waals surface area contributed by atoms with Crippen molar-refractivity contribution in [2.24, 2.45) is 33.8 Å². The minimum atomic E-state index is -1.61. The molecule has 19 N–H and O–H groups in total. The number of benzene rings is 2. The molecule has 3 aromatic rings. The number of unbranched alkanes of at least 4 members (excludes halogenated alkanes) is 1. The Balaban J connectivity index is 1.71. The number of para-hydroxylation sites is 1. The molecule has 0 aliphatic rings. The molecule has 3 rings (SSSR count). The number of thioether (sulfide) groups is 1. The van der Waals surface area contributed by atoms with Crippen LogP contribution in [0.1, 0.15) is 69.9 Å². The van der Waals surface area contributed by atoms with Crippen LogP contribution in [0.15, 0.2) is 65.8 Å². The average Bonchev–Trinajstić information content (AvgIpc) is 3.82. The fraction of sp³-hybridized carbons (Fsp3) is 0.529. The summed E-state index contributed by atoms with van der Waals surface area (Å²) in [6.07, 6.45) is 5.08. The SMILES string of the molecule is CSCC[C@H](NC(=O)[C@H](CO)NC(=O)CNC(=O)[C@H](Cc1c[nH]c2ccccc12)NC(=O)[C@@H](N)CCCN=C(N)N)C(=O)N[C@@H](CC(C)C)C(=O)N[C@@H](CCCCN)C(=O)N[C@@H](CS)C(=O)N[C@@H](Cc1ccccc1)C(=O)O. The number of amides is 8. The highest BCUT2D eigenvalue weighted by Gasteiger charge is 2.34. The Morgan fingerprint density at radius 3 is 1.86 bits per heavy atom. The number of guanidine groups is 1. The van der Waals surface area contributed by atoms with Crippen molar-refractivity contribution in [2.75, 3.05) is 44.0 Å². The lowest BCUT2D eigenvalue weighted by Gasteiger charge is -2.28. The third kappa shape index (κ3) is 23.0. The van der Waals surface area contributed by atoms with Gasteiger partial charge in [-0.15, -0.1) is 0 Å². The number of carbonyl (C=O) groups excluding carboxylic acids is 8. The van der Waals surface area contributed by atoms with Gasteiger partial charge in [-0.2, -0.15) is 24.4 Å². The summed E-state index contributed by atoms with van der Waals surface area (Å²) >= 11 is 5.59. The molecule has 0 aliphatic heterocycles. The van der Waals surface area contributed by atoms with Crippen molar-refractivity contribution in [1.82, 2.24) is 47.5 Å². The highest BCUT2D eigenvalue weighted by atomic mass is 32.2. The highest BCUT2D eigenvalue weighted by Crippen LogP contribution is 2.20. The molecule has 8 amide bonds. The number of thiol groups is 1. The lowest BCUT2D eigenvalue weighted by Crippen LogP contribution is -2.60. The van der Waals surface area contributed by atoms with Gasteiger partial charge in [0.05, 0.1) is 19.2 Å². The van der Waals surface area contributed by atoms with E-state index in [2.05, 4.69) is 65.1 Å². The van der Waals surface area contributed by atoms with Crippen LogP contribution < -0.4 is 65.5 Å². The molecule has 2 aromatic carbocycles. The number of nitrogens with one attached hydrogen (secondary N) is 9. The van der Waals surface area contributed by atoms with Gasteiger partial charge in [-0.25, -0.2) is 4.79 Å². The van der Waals surface area contributed by atoms with Crippen molar-refractivity contribution in [3.05, 3.63) is 71.9 Å². The fourth-order valence-corrected chi connectivity index (χ4v) is 8.69. The summed E-state index contributed by atoms with van der Waals surface area (Å²) < 4.78 is 0. The van der Waals surface area contributed by atoms with E-state index in [0.29, 0.717) is 36.1 Å². The molecule has 430 valence electrons. The smallest absolute Gasteiger partial charge is 0.326 e. The van der Waals surface area contributed by atoms with Crippen molar-refractivity contribution < 1.29 is 53.4 Å². The maximum Gasteiger partial charge on any atom is 0.326 e. The third-order valence-electron chi connectivity index (χ3n) is 12.2. The van der Waals surface area contributed by atoms with Crippen molar-refractivity contribution in [3.63, 3.8) is 0 Å². The molecule has 0 unspecified atom stereocenters. The number of aliphatic carboxylic acids is 1. The Morgan fingerprint density at radius 2 is 1.24 bits per heavy atom. The molecule has 8 atom stereocenters. The van der Waals surface area contributed by atoms with E-state index in [0.717, 1.165) is 10.9 Å². The highest BCUT2D eigenvalue weighted by molar-refractivity contribution is 7.98. The largest absolute Gasteiger partial charge is 0.480 e. The van der Waals surface area contributed by atoms with E-state index < -0.39 is 115 Å². The van der Waals surface area contributed by atoms with E-state index in [1.54, 1.807) is 56.6 Å². The van der Waals surface area contributed by atoms with Crippen LogP contribution in [0.4, 0.5) is 0 Å². The van der Waals surface area contributed by atoms with Crippen LogP contribution in [0.3, 0.4) is 0 Å². The Morgan fingerprint density at radius 1 is 0.667 bits per heavy atom. The molecule has 0 radical (unpaired) electrons. The maximum absolute atomic E-state index is 14.1. The van der Waals surface area contributed by atoms with Crippen molar-refractivity contribution in [2.45, 2.75) is 120 Å². The van der Waals surface area contributed by atoms with E-state index in [4.69, 9.17) is 22.9 Å². The number of rotatable bonds is 36. The van der Waals surface area contributed by atoms with Crippen LogP contribution >= 0.6 is 24.4 Å². The minimum Gasteiger partial charge on any atom is -0.480 e. The summed E-state index contributed by atoms with van der Waals surface area (Å²) in [7, 11) is 0. The molecule has 0 bridgehead atoms. The summed E-state index contributed by atoms with van der Waals surface area (Å²) in [5.41, 5.74) is 24.7. The number of hydrogen-bond donors (Lipinski definition) is 16. The summed E-state index contributed by atoms with van der Waals surface area (Å²) in [5.74, 6) is -7.84. The van der Waals surface area contributed by atoms with Gasteiger partial charge < -0.3 is 80.7 Å². The number of hydrogen-bond acceptors (Lipinski definition) is 15. The quantitative estimate of drug-likeness (QED) is 0.0127. The minimum absolute atomic E-state index is 0.000510. The van der Waals surface area contributed by atoms with Gasteiger partial charge in [0.15, 0.2) is 5.96 Å². The molecule has 0 saturated carbocycles. The first-order valence-electron chi connectivity index (χ1n) is 25.6. The van der Waals surface area contributed by atoms with Gasteiger partial charge in [0.25, 0.3) is 0 Å². The number of aromatic amines is 1. The Kier molecular flexibility index (Phi) is 29.1. The number of aromatic nitrogens is 1. The van der Waals surface area contributed by atoms with Gasteiger partial charge in [-0.1, -0.05) is 62.4 Å². The molecular formula is C51H78N14O11S2. The van der Waals surface area contributed by atoms with Crippen LogP contribution in [0.25, 0.3) is 10.9 Å². The molecule has 25 nitrogen and oxygen atoms in total. The van der Waals surface area contributed by atoms with Crippen LogP contribution in [0.2, 0.25) is 0 Å². The average molecular weight is 1130 g/mol. The van der Waals surface area contributed by atoms with Gasteiger partial charge in [-0.05, 0) is 86.6 Å². The van der Waals surface area contributed by atoms with E-state index in [-0.39, 0.29) is 69.2 Å². The number of carboxylic acid groups (broad SMARTS) is 1. The van der Waals surface area contributed by atoms with Crippen molar-refractivity contribution in [1.29, 1.82) is 0 Å². The first kappa shape index (κ1) is 65.3. The third-order valence-corrected chi connectivity index (χ3v) is 13.2. The molecule has 1 heterocycles. The number of fused-ring (bicyclic) bond motifs is 1. The van der Waals surface area contributed by atoms with E-state index >= 15 is 0 Å². The molecule has 0 saturated heterocycles. The van der Waals surface area contributed by atoms with Crippen LogP contribution in [-0.2, 0) is 56.0 Å². The Hall–Kier alpha value is -6.94.